The number of rotatable bonds is 14. The molecule has 5 rings (SSSR count). The summed E-state index contributed by atoms with van der Waals surface area (Å²) in [6, 6.07) is 28.1. The number of aliphatic hydroxyl groups is 1. The molecule has 0 bridgehead atoms. The summed E-state index contributed by atoms with van der Waals surface area (Å²) in [4.78, 5) is 26.6. The summed E-state index contributed by atoms with van der Waals surface area (Å²) in [5, 5.41) is 13.9. The number of ether oxygens (including phenoxy) is 2. The Morgan fingerprint density at radius 1 is 0.844 bits per heavy atom. The summed E-state index contributed by atoms with van der Waals surface area (Å²) in [6.45, 7) is 2.30. The highest BCUT2D eigenvalue weighted by Gasteiger charge is 2.45. The van der Waals surface area contributed by atoms with E-state index in [0.29, 0.717) is 25.1 Å². The first kappa shape index (κ1) is 32.6. The van der Waals surface area contributed by atoms with E-state index >= 15 is 0 Å². The first-order valence-electron chi connectivity index (χ1n) is 16.4. The molecule has 2 fully saturated rings. The molecule has 0 spiro atoms. The molecule has 4 atom stereocenters. The Bertz CT molecular complexity index is 1360. The Morgan fingerprint density at radius 3 is 2.24 bits per heavy atom. The predicted octanol–water partition coefficient (Wildman–Crippen LogP) is 6.77. The van der Waals surface area contributed by atoms with Crippen LogP contribution in [0.2, 0.25) is 0 Å². The lowest BCUT2D eigenvalue weighted by molar-refractivity contribution is -0.147. The lowest BCUT2D eigenvalue weighted by atomic mass is 9.92. The van der Waals surface area contributed by atoms with Crippen molar-refractivity contribution < 1.29 is 24.2 Å². The van der Waals surface area contributed by atoms with Gasteiger partial charge >= 0.3 is 5.97 Å². The van der Waals surface area contributed by atoms with E-state index in [1.54, 1.807) is 12.1 Å². The number of hydrogen-bond acceptors (Lipinski definition) is 6. The zero-order valence-electron chi connectivity index (χ0n) is 26.1. The third kappa shape index (κ3) is 9.85. The number of nitrogens with zero attached hydrogens (tertiary/aromatic N) is 1. The maximum absolute atomic E-state index is 12.1. The molecule has 1 heterocycles. The van der Waals surface area contributed by atoms with Gasteiger partial charge in [0.2, 0.25) is 0 Å². The lowest BCUT2D eigenvalue weighted by Crippen LogP contribution is -2.47. The zero-order valence-corrected chi connectivity index (χ0v) is 26.1. The number of esters is 1. The minimum atomic E-state index is -0.392. The zero-order chi connectivity index (χ0) is 31.3. The average Bonchev–Trinajstić information content (AvgIpc) is 3.40. The molecule has 1 aliphatic carbocycles. The number of anilines is 1. The van der Waals surface area contributed by atoms with Gasteiger partial charge in [0.25, 0.3) is 5.91 Å². The van der Waals surface area contributed by atoms with Crippen molar-refractivity contribution in [2.45, 2.75) is 76.2 Å². The summed E-state index contributed by atoms with van der Waals surface area (Å²) in [5.41, 5.74) is 4.19. The Balaban J connectivity index is 1.09. The average molecular weight is 611 g/mol. The monoisotopic (exact) mass is 610 g/mol. The molecule has 1 aliphatic heterocycles. The number of likely N-dealkylation sites (tertiary alicyclic amines) is 1. The Kier molecular flexibility index (Phi) is 12.4. The molecule has 7 heteroatoms. The van der Waals surface area contributed by atoms with Crippen LogP contribution in [0.4, 0.5) is 5.69 Å². The van der Waals surface area contributed by atoms with Crippen LogP contribution < -0.4 is 5.32 Å². The third-order valence-corrected chi connectivity index (χ3v) is 8.89. The molecule has 0 unspecified atom stereocenters. The van der Waals surface area contributed by atoms with E-state index in [1.165, 1.54) is 30.4 Å². The van der Waals surface area contributed by atoms with Gasteiger partial charge in [0.1, 0.15) is 0 Å². The van der Waals surface area contributed by atoms with E-state index in [1.807, 2.05) is 30.3 Å². The van der Waals surface area contributed by atoms with Crippen molar-refractivity contribution >= 4 is 17.6 Å². The van der Waals surface area contributed by atoms with Gasteiger partial charge in [-0.3, -0.25) is 14.5 Å². The van der Waals surface area contributed by atoms with Crippen LogP contribution in [0.15, 0.2) is 97.1 Å². The van der Waals surface area contributed by atoms with Crippen LogP contribution in [0.3, 0.4) is 0 Å². The van der Waals surface area contributed by atoms with Crippen molar-refractivity contribution in [2.75, 3.05) is 25.0 Å². The van der Waals surface area contributed by atoms with Gasteiger partial charge in [-0.25, -0.2) is 0 Å². The maximum Gasteiger partial charge on any atom is 0.306 e. The van der Waals surface area contributed by atoms with Gasteiger partial charge in [0.05, 0.1) is 18.8 Å². The number of amides is 1. The largest absolute Gasteiger partial charge is 0.456 e. The van der Waals surface area contributed by atoms with Crippen molar-refractivity contribution in [2.24, 2.45) is 5.92 Å². The smallest absolute Gasteiger partial charge is 0.306 e. The first-order valence-corrected chi connectivity index (χ1v) is 16.4. The quantitative estimate of drug-likeness (QED) is 0.155. The fraction of sp³-hybridized carbons (Fsp3) is 0.421. The molecule has 1 amide bonds. The highest BCUT2D eigenvalue weighted by Crippen LogP contribution is 2.38. The van der Waals surface area contributed by atoms with Gasteiger partial charge < -0.3 is 19.9 Å². The molecule has 45 heavy (non-hydrogen) atoms. The molecule has 238 valence electrons. The van der Waals surface area contributed by atoms with Crippen LogP contribution in [0.5, 0.6) is 0 Å². The number of nitrogens with one attached hydrogen (secondary N) is 1. The minimum Gasteiger partial charge on any atom is -0.456 e. The number of carbonyl (C=O) groups is 2. The molecular weight excluding hydrogens is 564 g/mol. The number of hydrogen-bond donors (Lipinski definition) is 2. The number of carbonyl (C=O) groups excluding carboxylic acids is 2. The summed E-state index contributed by atoms with van der Waals surface area (Å²) >= 11 is 0. The van der Waals surface area contributed by atoms with Crippen LogP contribution >= 0.6 is 0 Å². The van der Waals surface area contributed by atoms with Gasteiger partial charge in [-0.2, -0.15) is 0 Å². The second-order valence-electron chi connectivity index (χ2n) is 12.1. The minimum absolute atomic E-state index is 0.00821. The van der Waals surface area contributed by atoms with Crippen molar-refractivity contribution in [3.63, 3.8) is 0 Å². The SMILES string of the molecule is O=C(COC(=O)CC/C=C\CC[C@@H]1[C@@H](N2CCCCC2)[C@@H](O)C[C@@H]1OCc1ccc(-c2ccccc2)cc1)Nc1ccccc1. The molecule has 3 aromatic carbocycles. The maximum atomic E-state index is 12.1. The summed E-state index contributed by atoms with van der Waals surface area (Å²) < 4.78 is 11.7. The van der Waals surface area contributed by atoms with E-state index in [9.17, 15) is 14.7 Å². The molecule has 2 N–H and O–H groups in total. The van der Waals surface area contributed by atoms with E-state index in [-0.39, 0.29) is 37.0 Å². The summed E-state index contributed by atoms with van der Waals surface area (Å²) in [7, 11) is 0. The van der Waals surface area contributed by atoms with Gasteiger partial charge in [-0.1, -0.05) is 91.4 Å². The molecule has 1 saturated carbocycles. The Morgan fingerprint density at radius 2 is 1.51 bits per heavy atom. The first-order chi connectivity index (χ1) is 22.1. The van der Waals surface area contributed by atoms with Crippen LogP contribution in [-0.2, 0) is 25.7 Å². The van der Waals surface area contributed by atoms with Crippen LogP contribution in [0.25, 0.3) is 11.1 Å². The van der Waals surface area contributed by atoms with Crippen molar-refractivity contribution in [1.29, 1.82) is 0 Å². The Hall–Kier alpha value is -3.78. The third-order valence-electron chi connectivity index (χ3n) is 8.89. The van der Waals surface area contributed by atoms with Gasteiger partial charge in [-0.15, -0.1) is 0 Å². The van der Waals surface area contributed by atoms with Gasteiger partial charge in [0.15, 0.2) is 6.61 Å². The highest BCUT2D eigenvalue weighted by atomic mass is 16.5. The second-order valence-corrected chi connectivity index (χ2v) is 12.1. The summed E-state index contributed by atoms with van der Waals surface area (Å²) in [6.07, 6.45) is 10.5. The molecule has 7 nitrogen and oxygen atoms in total. The molecule has 0 radical (unpaired) electrons. The molecular formula is C38H46N2O5. The topological polar surface area (TPSA) is 88.1 Å². The molecule has 0 aromatic heterocycles. The van der Waals surface area contributed by atoms with E-state index in [4.69, 9.17) is 9.47 Å². The van der Waals surface area contributed by atoms with Crippen LogP contribution in [0, 0.1) is 5.92 Å². The van der Waals surface area contributed by atoms with E-state index in [2.05, 4.69) is 64.8 Å². The lowest BCUT2D eigenvalue weighted by Gasteiger charge is -2.38. The number of aliphatic hydroxyl groups excluding tert-OH is 1. The predicted molar refractivity (Wildman–Crippen MR) is 177 cm³/mol. The van der Waals surface area contributed by atoms with Crippen molar-refractivity contribution in [1.82, 2.24) is 4.90 Å². The molecule has 2 aliphatic rings. The number of benzene rings is 3. The van der Waals surface area contributed by atoms with Crippen molar-refractivity contribution in [3.05, 3.63) is 103 Å². The van der Waals surface area contributed by atoms with Crippen molar-refractivity contribution in [3.8, 4) is 11.1 Å². The normalized spacial score (nSPS) is 22.0. The Labute approximate surface area is 267 Å². The van der Waals surface area contributed by atoms with Crippen LogP contribution in [0.1, 0.15) is 56.9 Å². The van der Waals surface area contributed by atoms with Gasteiger partial charge in [0, 0.05) is 30.5 Å². The van der Waals surface area contributed by atoms with E-state index < -0.39 is 12.1 Å². The molecule has 3 aromatic rings. The van der Waals surface area contributed by atoms with Gasteiger partial charge in [-0.05, 0) is 74.0 Å². The number of piperidine rings is 1. The fourth-order valence-corrected chi connectivity index (χ4v) is 6.63. The highest BCUT2D eigenvalue weighted by molar-refractivity contribution is 5.92. The fourth-order valence-electron chi connectivity index (χ4n) is 6.63. The van der Waals surface area contributed by atoms with E-state index in [0.717, 1.165) is 31.5 Å². The molecule has 1 saturated heterocycles. The standard InChI is InChI=1S/C38H46N2O5/c41-34-26-35(44-27-29-20-22-31(23-21-29)30-14-6-3-7-15-30)33(38(34)40-24-12-5-13-25-40)18-10-1-2-11-19-37(43)45-28-36(42)39-32-16-8-4-9-17-32/h1-4,6-9,14-17,20-23,33-35,38,41H,5,10-13,18-19,24-28H2,(H,39,42)/b2-1-/t33-,34-,35-,38+/m0/s1. The van der Waals surface area contributed by atoms with Crippen LogP contribution in [-0.4, -0.2) is 59.8 Å². The second kappa shape index (κ2) is 17.1. The summed E-state index contributed by atoms with van der Waals surface area (Å²) in [5.74, 6) is -0.510. The number of allylic oxidation sites excluding steroid dienone is 2. The number of para-hydroxylation sites is 1.